The Bertz CT molecular complexity index is 601. The van der Waals surface area contributed by atoms with Gasteiger partial charge >= 0.3 is 0 Å². The molecule has 3 atom stereocenters. The number of ether oxygens (including phenoxy) is 2. The Morgan fingerprint density at radius 3 is 3.14 bits per heavy atom. The highest BCUT2D eigenvalue weighted by Gasteiger charge is 2.35. The lowest BCUT2D eigenvalue weighted by Gasteiger charge is -2.38. The van der Waals surface area contributed by atoms with Gasteiger partial charge in [-0.25, -0.2) is 4.98 Å². The number of aromatic nitrogens is 2. The normalized spacial score (nSPS) is 26.6. The van der Waals surface area contributed by atoms with E-state index in [0.29, 0.717) is 13.2 Å². The van der Waals surface area contributed by atoms with Gasteiger partial charge in [0.05, 0.1) is 36.6 Å². The minimum Gasteiger partial charge on any atom is -0.389 e. The van der Waals surface area contributed by atoms with Crippen LogP contribution in [0.5, 0.6) is 0 Å². The fourth-order valence-electron chi connectivity index (χ4n) is 2.83. The van der Waals surface area contributed by atoms with E-state index < -0.39 is 6.10 Å². The van der Waals surface area contributed by atoms with Crippen LogP contribution in [0.4, 0.5) is 0 Å². The summed E-state index contributed by atoms with van der Waals surface area (Å²) in [5.41, 5.74) is 3.15. The standard InChI is InChI=1S/C15H21N3O3/c1-18(13-7-21-8-14(20-2)15(13)19)6-10-3-4-11-12(5-10)17-9-16-11/h3-5,9,13-15,19H,6-8H2,1-2H3,(H,16,17)/t13-,14-,15+/m1/s1. The van der Waals surface area contributed by atoms with Gasteiger partial charge in [0, 0.05) is 13.7 Å². The summed E-state index contributed by atoms with van der Waals surface area (Å²) in [5, 5.41) is 10.4. The van der Waals surface area contributed by atoms with Crippen molar-refractivity contribution in [3.63, 3.8) is 0 Å². The van der Waals surface area contributed by atoms with Crippen molar-refractivity contribution < 1.29 is 14.6 Å². The van der Waals surface area contributed by atoms with E-state index in [-0.39, 0.29) is 12.1 Å². The van der Waals surface area contributed by atoms with Crippen LogP contribution < -0.4 is 0 Å². The summed E-state index contributed by atoms with van der Waals surface area (Å²) < 4.78 is 10.8. The van der Waals surface area contributed by atoms with E-state index in [1.807, 2.05) is 13.1 Å². The number of benzene rings is 1. The zero-order chi connectivity index (χ0) is 14.8. The van der Waals surface area contributed by atoms with Crippen LogP contribution in [-0.2, 0) is 16.0 Å². The number of likely N-dealkylation sites (N-methyl/N-ethyl adjacent to an activating group) is 1. The average molecular weight is 291 g/mol. The summed E-state index contributed by atoms with van der Waals surface area (Å²) in [5.74, 6) is 0. The number of nitrogens with one attached hydrogen (secondary N) is 1. The molecule has 1 fully saturated rings. The number of hydrogen-bond donors (Lipinski definition) is 2. The molecule has 1 saturated heterocycles. The van der Waals surface area contributed by atoms with Crippen LogP contribution in [0.15, 0.2) is 24.5 Å². The maximum atomic E-state index is 10.4. The lowest BCUT2D eigenvalue weighted by molar-refractivity contribution is -0.142. The third-order valence-electron chi connectivity index (χ3n) is 4.13. The lowest BCUT2D eigenvalue weighted by Crippen LogP contribution is -2.55. The Balaban J connectivity index is 1.71. The number of fused-ring (bicyclic) bond motifs is 1. The van der Waals surface area contributed by atoms with Gasteiger partial charge in [-0.05, 0) is 24.7 Å². The van der Waals surface area contributed by atoms with Crippen molar-refractivity contribution in [1.29, 1.82) is 0 Å². The predicted octanol–water partition coefficient (Wildman–Crippen LogP) is 0.769. The second-order valence-corrected chi connectivity index (χ2v) is 5.54. The molecule has 114 valence electrons. The monoisotopic (exact) mass is 291 g/mol. The molecular formula is C15H21N3O3. The van der Waals surface area contributed by atoms with Crippen LogP contribution in [-0.4, -0.2) is 65.6 Å². The van der Waals surface area contributed by atoms with Gasteiger partial charge in [-0.3, -0.25) is 4.90 Å². The van der Waals surface area contributed by atoms with Crippen LogP contribution in [0.1, 0.15) is 5.56 Å². The van der Waals surface area contributed by atoms with Crippen molar-refractivity contribution in [2.75, 3.05) is 27.4 Å². The van der Waals surface area contributed by atoms with Crippen molar-refractivity contribution in [2.24, 2.45) is 0 Å². The summed E-state index contributed by atoms with van der Waals surface area (Å²) in [6, 6.07) is 6.08. The van der Waals surface area contributed by atoms with E-state index in [1.165, 1.54) is 5.56 Å². The highest BCUT2D eigenvalue weighted by Crippen LogP contribution is 2.19. The molecule has 2 heterocycles. The molecule has 1 aromatic heterocycles. The summed E-state index contributed by atoms with van der Waals surface area (Å²) in [6.45, 7) is 1.70. The van der Waals surface area contributed by atoms with Gasteiger partial charge in [0.1, 0.15) is 12.2 Å². The third-order valence-corrected chi connectivity index (χ3v) is 4.13. The Morgan fingerprint density at radius 1 is 1.48 bits per heavy atom. The first-order valence-electron chi connectivity index (χ1n) is 7.10. The van der Waals surface area contributed by atoms with E-state index in [1.54, 1.807) is 13.4 Å². The molecule has 0 spiro atoms. The second-order valence-electron chi connectivity index (χ2n) is 5.54. The Morgan fingerprint density at radius 2 is 2.33 bits per heavy atom. The summed E-state index contributed by atoms with van der Waals surface area (Å²) in [4.78, 5) is 9.43. The van der Waals surface area contributed by atoms with E-state index in [0.717, 1.165) is 17.6 Å². The first-order valence-corrected chi connectivity index (χ1v) is 7.10. The summed E-state index contributed by atoms with van der Waals surface area (Å²) in [7, 11) is 3.60. The minimum atomic E-state index is -0.537. The topological polar surface area (TPSA) is 70.6 Å². The molecule has 0 unspecified atom stereocenters. The fraction of sp³-hybridized carbons (Fsp3) is 0.533. The number of hydrogen-bond acceptors (Lipinski definition) is 5. The van der Waals surface area contributed by atoms with Crippen LogP contribution in [0.2, 0.25) is 0 Å². The number of aromatic amines is 1. The third kappa shape index (κ3) is 2.94. The second kappa shape index (κ2) is 6.11. The lowest BCUT2D eigenvalue weighted by atomic mass is 10.0. The van der Waals surface area contributed by atoms with Crippen molar-refractivity contribution in [2.45, 2.75) is 24.8 Å². The fourth-order valence-corrected chi connectivity index (χ4v) is 2.83. The van der Waals surface area contributed by atoms with Gasteiger partial charge in [-0.1, -0.05) is 6.07 Å². The summed E-state index contributed by atoms with van der Waals surface area (Å²) in [6.07, 6.45) is 0.894. The molecule has 1 aromatic carbocycles. The quantitative estimate of drug-likeness (QED) is 0.870. The molecule has 0 amide bonds. The number of nitrogens with zero attached hydrogens (tertiary/aromatic N) is 2. The van der Waals surface area contributed by atoms with Gasteiger partial charge in [0.2, 0.25) is 0 Å². The van der Waals surface area contributed by atoms with Gasteiger partial charge in [0.25, 0.3) is 0 Å². The zero-order valence-corrected chi connectivity index (χ0v) is 12.3. The number of rotatable bonds is 4. The molecule has 0 aliphatic carbocycles. The van der Waals surface area contributed by atoms with Crippen molar-refractivity contribution in [1.82, 2.24) is 14.9 Å². The molecule has 21 heavy (non-hydrogen) atoms. The highest BCUT2D eigenvalue weighted by atomic mass is 16.5. The Kier molecular flexibility index (Phi) is 4.21. The molecule has 2 aromatic rings. The number of aliphatic hydroxyl groups is 1. The molecule has 1 aliphatic rings. The maximum absolute atomic E-state index is 10.4. The summed E-state index contributed by atoms with van der Waals surface area (Å²) >= 11 is 0. The predicted molar refractivity (Wildman–Crippen MR) is 79.0 cm³/mol. The molecular weight excluding hydrogens is 270 g/mol. The molecule has 0 saturated carbocycles. The number of methoxy groups -OCH3 is 1. The van der Waals surface area contributed by atoms with Crippen LogP contribution in [0.25, 0.3) is 11.0 Å². The first kappa shape index (κ1) is 14.5. The van der Waals surface area contributed by atoms with E-state index in [2.05, 4.69) is 27.0 Å². The average Bonchev–Trinajstić information content (AvgIpc) is 2.95. The molecule has 6 nitrogen and oxygen atoms in total. The van der Waals surface area contributed by atoms with Gasteiger partial charge < -0.3 is 19.6 Å². The van der Waals surface area contributed by atoms with E-state index >= 15 is 0 Å². The van der Waals surface area contributed by atoms with Crippen LogP contribution in [0.3, 0.4) is 0 Å². The van der Waals surface area contributed by atoms with Crippen molar-refractivity contribution in [3.8, 4) is 0 Å². The molecule has 0 bridgehead atoms. The minimum absolute atomic E-state index is 0.0684. The number of imidazole rings is 1. The molecule has 3 rings (SSSR count). The SMILES string of the molecule is CO[C@@H]1COC[C@@H](N(C)Cc2ccc3nc[nH]c3c2)[C@@H]1O. The van der Waals surface area contributed by atoms with Crippen molar-refractivity contribution in [3.05, 3.63) is 30.1 Å². The molecule has 6 heteroatoms. The van der Waals surface area contributed by atoms with Crippen LogP contribution >= 0.6 is 0 Å². The molecule has 2 N–H and O–H groups in total. The van der Waals surface area contributed by atoms with Crippen molar-refractivity contribution >= 4 is 11.0 Å². The zero-order valence-electron chi connectivity index (χ0n) is 12.3. The number of aliphatic hydroxyl groups excluding tert-OH is 1. The van der Waals surface area contributed by atoms with E-state index in [9.17, 15) is 5.11 Å². The van der Waals surface area contributed by atoms with Crippen LogP contribution in [0, 0.1) is 0 Å². The number of H-pyrrole nitrogens is 1. The maximum Gasteiger partial charge on any atom is 0.108 e. The van der Waals surface area contributed by atoms with Gasteiger partial charge in [-0.2, -0.15) is 0 Å². The largest absolute Gasteiger partial charge is 0.389 e. The molecule has 1 aliphatic heterocycles. The smallest absolute Gasteiger partial charge is 0.108 e. The molecule has 0 radical (unpaired) electrons. The first-order chi connectivity index (χ1) is 10.2. The highest BCUT2D eigenvalue weighted by molar-refractivity contribution is 5.74. The van der Waals surface area contributed by atoms with Gasteiger partial charge in [0.15, 0.2) is 0 Å². The van der Waals surface area contributed by atoms with Gasteiger partial charge in [-0.15, -0.1) is 0 Å². The van der Waals surface area contributed by atoms with E-state index in [4.69, 9.17) is 9.47 Å². The Labute approximate surface area is 123 Å². The Hall–Kier alpha value is -1.47.